The van der Waals surface area contributed by atoms with Crippen molar-refractivity contribution < 1.29 is 4.74 Å². The van der Waals surface area contributed by atoms with Crippen LogP contribution in [0.1, 0.15) is 41.8 Å². The van der Waals surface area contributed by atoms with Gasteiger partial charge >= 0.3 is 0 Å². The van der Waals surface area contributed by atoms with Crippen LogP contribution in [0.25, 0.3) is 0 Å². The van der Waals surface area contributed by atoms with Gasteiger partial charge in [-0.3, -0.25) is 4.68 Å². The van der Waals surface area contributed by atoms with E-state index in [-0.39, 0.29) is 0 Å². The lowest BCUT2D eigenvalue weighted by Crippen LogP contribution is -2.07. The number of ether oxygens (including phenoxy) is 1. The Kier molecular flexibility index (Phi) is 3.77. The molecule has 0 spiro atoms. The average molecular weight is 268 g/mol. The molecule has 1 heterocycles. The monoisotopic (exact) mass is 268 g/mol. The molecule has 0 bridgehead atoms. The van der Waals surface area contributed by atoms with Crippen molar-refractivity contribution in [2.45, 2.75) is 38.6 Å². The Morgan fingerprint density at radius 3 is 2.65 bits per heavy atom. The maximum atomic E-state index is 6.08. The topological polar surface area (TPSA) is 27.1 Å². The van der Waals surface area contributed by atoms with Crippen LogP contribution in [0.5, 0.6) is 5.75 Å². The van der Waals surface area contributed by atoms with Crippen LogP contribution in [0.3, 0.4) is 0 Å². The Balaban J connectivity index is 1.86. The first-order valence-electron chi connectivity index (χ1n) is 7.25. The van der Waals surface area contributed by atoms with Gasteiger partial charge in [-0.1, -0.05) is 18.6 Å². The molecule has 0 fully saturated rings. The first-order valence-corrected chi connectivity index (χ1v) is 7.25. The summed E-state index contributed by atoms with van der Waals surface area (Å²) in [5.74, 6) is 0.882. The molecule has 3 heteroatoms. The van der Waals surface area contributed by atoms with Gasteiger partial charge in [-0.2, -0.15) is 5.10 Å². The molecule has 2 radical (unpaired) electrons. The summed E-state index contributed by atoms with van der Waals surface area (Å²) < 4.78 is 7.27. The normalized spacial score (nSPS) is 14.7. The van der Waals surface area contributed by atoms with Gasteiger partial charge in [0.2, 0.25) is 0 Å². The highest BCUT2D eigenvalue weighted by Gasteiger charge is 2.17. The Hall–Kier alpha value is -1.77. The molecule has 104 valence electrons. The van der Waals surface area contributed by atoms with Crippen LogP contribution < -0.4 is 4.74 Å². The van der Waals surface area contributed by atoms with Crippen molar-refractivity contribution in [3.63, 3.8) is 0 Å². The second-order valence-corrected chi connectivity index (χ2v) is 5.38. The second-order valence-electron chi connectivity index (χ2n) is 5.38. The molecule has 0 N–H and O–H groups in total. The second kappa shape index (κ2) is 5.70. The Morgan fingerprint density at radius 1 is 1.15 bits per heavy atom. The fraction of sp³-hybridized carbons (Fsp3) is 0.412. The van der Waals surface area contributed by atoms with Gasteiger partial charge < -0.3 is 4.74 Å². The van der Waals surface area contributed by atoms with Gasteiger partial charge in [-0.05, 0) is 48.9 Å². The average Bonchev–Trinajstić information content (AvgIpc) is 2.67. The van der Waals surface area contributed by atoms with Crippen molar-refractivity contribution in [3.8, 4) is 5.75 Å². The fourth-order valence-electron chi connectivity index (χ4n) is 2.91. The van der Waals surface area contributed by atoms with Crippen LogP contribution in [0, 0.1) is 6.92 Å². The molecule has 0 aliphatic heterocycles. The van der Waals surface area contributed by atoms with Gasteiger partial charge in [0.05, 0.1) is 19.3 Å². The highest BCUT2D eigenvalue weighted by molar-refractivity contribution is 5.32. The van der Waals surface area contributed by atoms with Gasteiger partial charge in [0.15, 0.2) is 0 Å². The van der Waals surface area contributed by atoms with E-state index in [2.05, 4.69) is 21.9 Å². The zero-order valence-corrected chi connectivity index (χ0v) is 11.9. The van der Waals surface area contributed by atoms with E-state index in [9.17, 15) is 0 Å². The van der Waals surface area contributed by atoms with Crippen molar-refractivity contribution in [3.05, 3.63) is 53.7 Å². The van der Waals surface area contributed by atoms with Crippen molar-refractivity contribution in [1.82, 2.24) is 9.78 Å². The maximum Gasteiger partial charge on any atom is 0.118 e. The molecular weight excluding hydrogens is 248 g/mol. The molecule has 1 aliphatic rings. The fourth-order valence-corrected chi connectivity index (χ4v) is 2.91. The molecule has 20 heavy (non-hydrogen) atoms. The minimum Gasteiger partial charge on any atom is -0.497 e. The molecule has 2 aromatic rings. The summed E-state index contributed by atoms with van der Waals surface area (Å²) in [6.45, 7) is 6.86. The molecule has 1 aromatic carbocycles. The molecule has 0 saturated heterocycles. The Bertz CT molecular complexity index is 584. The lowest BCUT2D eigenvalue weighted by atomic mass is 10.1. The summed E-state index contributed by atoms with van der Waals surface area (Å²) in [5.41, 5.74) is 4.54. The Labute approximate surface area is 120 Å². The van der Waals surface area contributed by atoms with Gasteiger partial charge in [0.1, 0.15) is 5.75 Å². The molecule has 0 saturated carbocycles. The van der Waals surface area contributed by atoms with E-state index in [0.29, 0.717) is 0 Å². The number of hydrogen-bond acceptors (Lipinski definition) is 2. The third-order valence-corrected chi connectivity index (χ3v) is 4.03. The number of nitrogens with zero attached hydrogens (tertiary/aromatic N) is 2. The standard InChI is InChI=1S/C17H20N2O/c1-13-16-6-4-3-5-7-17(16)19(18-13)12-14-8-10-15(20-2)11-9-14/h1,8-11H,3-7,12H2,2H3. The summed E-state index contributed by atoms with van der Waals surface area (Å²) in [6.07, 6.45) is 5.92. The summed E-state index contributed by atoms with van der Waals surface area (Å²) in [5, 5.41) is 4.53. The minimum absolute atomic E-state index is 0.718. The highest BCUT2D eigenvalue weighted by atomic mass is 16.5. The molecular formula is C17H20N2O. The number of aromatic nitrogens is 2. The van der Waals surface area contributed by atoms with Gasteiger partial charge in [-0.15, -0.1) is 0 Å². The summed E-state index contributed by atoms with van der Waals surface area (Å²) in [7, 11) is 1.68. The molecule has 3 rings (SSSR count). The predicted molar refractivity (Wildman–Crippen MR) is 79.0 cm³/mol. The zero-order chi connectivity index (χ0) is 13.9. The molecule has 0 unspecified atom stereocenters. The van der Waals surface area contributed by atoms with Crippen LogP contribution in [0.2, 0.25) is 0 Å². The molecule has 3 nitrogen and oxygen atoms in total. The number of rotatable bonds is 3. The molecule has 0 atom stereocenters. The third-order valence-electron chi connectivity index (χ3n) is 4.03. The lowest BCUT2D eigenvalue weighted by molar-refractivity contribution is 0.414. The first kappa shape index (κ1) is 13.2. The molecule has 1 aromatic heterocycles. The van der Waals surface area contributed by atoms with Crippen LogP contribution in [0.4, 0.5) is 0 Å². The third kappa shape index (κ3) is 2.58. The smallest absolute Gasteiger partial charge is 0.118 e. The van der Waals surface area contributed by atoms with Crippen molar-refractivity contribution >= 4 is 0 Å². The summed E-state index contributed by atoms with van der Waals surface area (Å²) in [6, 6.07) is 8.14. The van der Waals surface area contributed by atoms with Crippen LogP contribution in [-0.2, 0) is 19.4 Å². The van der Waals surface area contributed by atoms with E-state index in [4.69, 9.17) is 11.7 Å². The lowest BCUT2D eigenvalue weighted by Gasteiger charge is -2.08. The van der Waals surface area contributed by atoms with E-state index >= 15 is 0 Å². The van der Waals surface area contributed by atoms with E-state index < -0.39 is 0 Å². The number of fused-ring (bicyclic) bond motifs is 1. The zero-order valence-electron chi connectivity index (χ0n) is 11.9. The number of benzene rings is 1. The van der Waals surface area contributed by atoms with Crippen LogP contribution in [-0.4, -0.2) is 16.9 Å². The van der Waals surface area contributed by atoms with Crippen LogP contribution in [0.15, 0.2) is 24.3 Å². The molecule has 0 amide bonds. The van der Waals surface area contributed by atoms with Gasteiger partial charge in [0.25, 0.3) is 0 Å². The highest BCUT2D eigenvalue weighted by Crippen LogP contribution is 2.24. The predicted octanol–water partition coefficient (Wildman–Crippen LogP) is 3.27. The minimum atomic E-state index is 0.718. The van der Waals surface area contributed by atoms with Crippen molar-refractivity contribution in [1.29, 1.82) is 0 Å². The van der Waals surface area contributed by atoms with E-state index in [1.807, 2.05) is 12.1 Å². The van der Waals surface area contributed by atoms with Crippen molar-refractivity contribution in [2.75, 3.05) is 7.11 Å². The quantitative estimate of drug-likeness (QED) is 0.799. The molecule has 1 aliphatic carbocycles. The number of hydrogen-bond donors (Lipinski definition) is 0. The van der Waals surface area contributed by atoms with Crippen LogP contribution >= 0.6 is 0 Å². The summed E-state index contributed by atoms with van der Waals surface area (Å²) in [4.78, 5) is 0. The Morgan fingerprint density at radius 2 is 1.90 bits per heavy atom. The van der Waals surface area contributed by atoms with Crippen molar-refractivity contribution in [2.24, 2.45) is 0 Å². The summed E-state index contributed by atoms with van der Waals surface area (Å²) >= 11 is 0. The SMILES string of the molecule is [CH]c1nn(Cc2ccc(OC)cc2)c2c1CCCCC2. The van der Waals surface area contributed by atoms with E-state index in [1.165, 1.54) is 36.1 Å². The number of methoxy groups -OCH3 is 1. The van der Waals surface area contributed by atoms with E-state index in [1.54, 1.807) is 7.11 Å². The van der Waals surface area contributed by atoms with E-state index in [0.717, 1.165) is 30.8 Å². The van der Waals surface area contributed by atoms with Gasteiger partial charge in [-0.25, -0.2) is 0 Å². The largest absolute Gasteiger partial charge is 0.497 e. The van der Waals surface area contributed by atoms with Gasteiger partial charge in [0, 0.05) is 12.6 Å². The first-order chi connectivity index (χ1) is 9.78. The maximum absolute atomic E-state index is 6.08.